The van der Waals surface area contributed by atoms with Crippen LogP contribution in [-0.2, 0) is 16.0 Å². The quantitative estimate of drug-likeness (QED) is 0.411. The van der Waals surface area contributed by atoms with Gasteiger partial charge >= 0.3 is 0 Å². The van der Waals surface area contributed by atoms with Crippen LogP contribution in [-0.4, -0.2) is 67.4 Å². The minimum atomic E-state index is -0.338. The van der Waals surface area contributed by atoms with E-state index < -0.39 is 0 Å². The fourth-order valence-corrected chi connectivity index (χ4v) is 6.23. The van der Waals surface area contributed by atoms with Crippen molar-refractivity contribution in [2.24, 2.45) is 0 Å². The summed E-state index contributed by atoms with van der Waals surface area (Å²) in [6, 6.07) is 12.6. The smallest absolute Gasteiger partial charge is 0.254 e. The Hall–Kier alpha value is -3.63. The molecular weight excluding hydrogens is 523 g/mol. The summed E-state index contributed by atoms with van der Waals surface area (Å²) in [7, 11) is 0. The highest BCUT2D eigenvalue weighted by molar-refractivity contribution is 7.10. The number of halogens is 1. The molecule has 39 heavy (non-hydrogen) atoms. The normalized spacial score (nSPS) is 19.6. The molecule has 2 atom stereocenters. The van der Waals surface area contributed by atoms with Gasteiger partial charge in [-0.25, -0.2) is 4.39 Å². The molecule has 8 nitrogen and oxygen atoms in total. The van der Waals surface area contributed by atoms with Crippen molar-refractivity contribution in [1.82, 2.24) is 9.80 Å². The van der Waals surface area contributed by atoms with Gasteiger partial charge in [-0.15, -0.1) is 11.3 Å². The number of carbonyl (C=O) groups excluding carboxylic acids is 2. The molecule has 0 spiro atoms. The number of benzene rings is 2. The highest BCUT2D eigenvalue weighted by atomic mass is 32.1. The average molecular weight is 553 g/mol. The highest BCUT2D eigenvalue weighted by Crippen LogP contribution is 2.35. The molecule has 2 amide bonds. The lowest BCUT2D eigenvalue weighted by molar-refractivity contribution is -0.135. The van der Waals surface area contributed by atoms with Crippen LogP contribution >= 0.6 is 11.3 Å². The van der Waals surface area contributed by atoms with E-state index >= 15 is 0 Å². The van der Waals surface area contributed by atoms with Gasteiger partial charge in [0, 0.05) is 30.1 Å². The maximum Gasteiger partial charge on any atom is 0.254 e. The predicted octanol–water partition coefficient (Wildman–Crippen LogP) is 4.44. The fraction of sp³-hybridized carbons (Fsp3) is 0.379. The largest absolute Gasteiger partial charge is 0.491 e. The molecular formula is C29H29FN2O6S. The van der Waals surface area contributed by atoms with Gasteiger partial charge in [-0.1, -0.05) is 0 Å². The van der Waals surface area contributed by atoms with Crippen LogP contribution in [0, 0.1) is 5.82 Å². The van der Waals surface area contributed by atoms with E-state index in [0.717, 1.165) is 24.8 Å². The Morgan fingerprint density at radius 2 is 1.95 bits per heavy atom. The molecule has 204 valence electrons. The van der Waals surface area contributed by atoms with Crippen LogP contribution in [0.4, 0.5) is 4.39 Å². The summed E-state index contributed by atoms with van der Waals surface area (Å²) in [5.41, 5.74) is 1.48. The van der Waals surface area contributed by atoms with Crippen LogP contribution < -0.4 is 14.2 Å². The Bertz CT molecular complexity index is 1340. The van der Waals surface area contributed by atoms with Crippen molar-refractivity contribution in [1.29, 1.82) is 0 Å². The summed E-state index contributed by atoms with van der Waals surface area (Å²) in [6.45, 7) is 1.76. The first-order valence-electron chi connectivity index (χ1n) is 13.1. The maximum atomic E-state index is 13.8. The van der Waals surface area contributed by atoms with Gasteiger partial charge in [-0.05, 0) is 78.7 Å². The van der Waals surface area contributed by atoms with Gasteiger partial charge < -0.3 is 28.7 Å². The third kappa shape index (κ3) is 5.58. The number of ether oxygens (including phenoxy) is 4. The first kappa shape index (κ1) is 25.6. The number of hydrogen-bond donors (Lipinski definition) is 0. The van der Waals surface area contributed by atoms with E-state index in [-0.39, 0.29) is 49.7 Å². The second-order valence-electron chi connectivity index (χ2n) is 9.81. The molecule has 0 N–H and O–H groups in total. The molecule has 2 aromatic carbocycles. The van der Waals surface area contributed by atoms with Crippen LogP contribution in [0.1, 0.15) is 39.7 Å². The zero-order valence-corrected chi connectivity index (χ0v) is 22.2. The number of rotatable bonds is 8. The number of hydrogen-bond acceptors (Lipinski definition) is 7. The van der Waals surface area contributed by atoms with E-state index in [4.69, 9.17) is 18.9 Å². The predicted molar refractivity (Wildman–Crippen MR) is 142 cm³/mol. The second kappa shape index (κ2) is 11.2. The standard InChI is InChI=1S/C29H29FN2O6S/c30-20-4-6-21(7-5-20)36-17-24-23-10-13-39-27(23)9-11-32(24)28(33)16-31(15-22-2-1-12-35-22)29(34)19-3-8-25-26(14-19)38-18-37-25/h3-8,10,13-14,22,24H,1-2,9,11-12,15-18H2. The Balaban J connectivity index is 1.21. The van der Waals surface area contributed by atoms with Gasteiger partial charge in [-0.2, -0.15) is 0 Å². The van der Waals surface area contributed by atoms with Crippen molar-refractivity contribution in [2.45, 2.75) is 31.4 Å². The minimum Gasteiger partial charge on any atom is -0.491 e. The molecule has 3 aliphatic heterocycles. The number of fused-ring (bicyclic) bond motifs is 2. The first-order valence-corrected chi connectivity index (χ1v) is 14.0. The molecule has 6 rings (SSSR count). The molecule has 1 saturated heterocycles. The van der Waals surface area contributed by atoms with E-state index in [2.05, 4.69) is 0 Å². The lowest BCUT2D eigenvalue weighted by Crippen LogP contribution is -2.49. The molecule has 0 bridgehead atoms. The third-order valence-electron chi connectivity index (χ3n) is 7.32. The van der Waals surface area contributed by atoms with Crippen molar-refractivity contribution in [3.63, 3.8) is 0 Å². The molecule has 4 heterocycles. The SMILES string of the molecule is O=C(c1ccc2c(c1)OCO2)N(CC(=O)N1CCc2sccc2C1COc1ccc(F)cc1)CC1CCCO1. The number of carbonyl (C=O) groups is 2. The van der Waals surface area contributed by atoms with Gasteiger partial charge in [0.05, 0.1) is 12.1 Å². The molecule has 0 radical (unpaired) electrons. The Morgan fingerprint density at radius 1 is 1.10 bits per heavy atom. The van der Waals surface area contributed by atoms with Gasteiger partial charge in [0.1, 0.15) is 24.7 Å². The van der Waals surface area contributed by atoms with E-state index in [1.54, 1.807) is 51.5 Å². The van der Waals surface area contributed by atoms with Gasteiger partial charge in [0.2, 0.25) is 12.7 Å². The zero-order chi connectivity index (χ0) is 26.8. The van der Waals surface area contributed by atoms with Crippen LogP contribution in [0.15, 0.2) is 53.9 Å². The van der Waals surface area contributed by atoms with E-state index in [0.29, 0.717) is 42.5 Å². The first-order chi connectivity index (χ1) is 19.0. The second-order valence-corrected chi connectivity index (χ2v) is 10.8. The number of thiophene rings is 1. The van der Waals surface area contributed by atoms with Crippen LogP contribution in [0.5, 0.6) is 17.2 Å². The third-order valence-corrected chi connectivity index (χ3v) is 8.31. The van der Waals surface area contributed by atoms with Gasteiger partial charge in [-0.3, -0.25) is 9.59 Å². The van der Waals surface area contributed by atoms with Crippen molar-refractivity contribution in [2.75, 3.05) is 39.6 Å². The molecule has 10 heteroatoms. The summed E-state index contributed by atoms with van der Waals surface area (Å²) in [5.74, 6) is 0.885. The highest BCUT2D eigenvalue weighted by Gasteiger charge is 2.35. The molecule has 2 unspecified atom stereocenters. The zero-order valence-electron chi connectivity index (χ0n) is 21.3. The number of nitrogens with zero attached hydrogens (tertiary/aromatic N) is 2. The van der Waals surface area contributed by atoms with Crippen molar-refractivity contribution in [3.05, 3.63) is 75.7 Å². The van der Waals surface area contributed by atoms with Crippen LogP contribution in [0.2, 0.25) is 0 Å². The summed E-state index contributed by atoms with van der Waals surface area (Å²) in [5, 5.41) is 2.02. The molecule has 0 aliphatic carbocycles. The van der Waals surface area contributed by atoms with Crippen molar-refractivity contribution < 1.29 is 32.9 Å². The van der Waals surface area contributed by atoms with E-state index in [1.165, 1.54) is 17.0 Å². The minimum absolute atomic E-state index is 0.0837. The fourth-order valence-electron chi connectivity index (χ4n) is 5.30. The van der Waals surface area contributed by atoms with Crippen molar-refractivity contribution in [3.8, 4) is 17.2 Å². The summed E-state index contributed by atoms with van der Waals surface area (Å²) < 4.78 is 36.0. The maximum absolute atomic E-state index is 13.8. The summed E-state index contributed by atoms with van der Waals surface area (Å²) in [6.07, 6.45) is 2.40. The lowest BCUT2D eigenvalue weighted by Gasteiger charge is -2.37. The monoisotopic (exact) mass is 552 g/mol. The van der Waals surface area contributed by atoms with Crippen LogP contribution in [0.25, 0.3) is 0 Å². The topological polar surface area (TPSA) is 77.5 Å². The average Bonchev–Trinajstić information content (AvgIpc) is 3.73. The van der Waals surface area contributed by atoms with Gasteiger partial charge in [0.15, 0.2) is 11.5 Å². The Labute approximate surface area is 229 Å². The molecule has 3 aliphatic rings. The van der Waals surface area contributed by atoms with Gasteiger partial charge in [0.25, 0.3) is 5.91 Å². The lowest BCUT2D eigenvalue weighted by atomic mass is 10.00. The Kier molecular flexibility index (Phi) is 7.38. The summed E-state index contributed by atoms with van der Waals surface area (Å²) in [4.78, 5) is 32.1. The van der Waals surface area contributed by atoms with Crippen LogP contribution in [0.3, 0.4) is 0 Å². The van der Waals surface area contributed by atoms with E-state index in [9.17, 15) is 14.0 Å². The number of amides is 2. The van der Waals surface area contributed by atoms with Crippen molar-refractivity contribution >= 4 is 23.2 Å². The summed E-state index contributed by atoms with van der Waals surface area (Å²) >= 11 is 1.67. The van der Waals surface area contributed by atoms with E-state index in [1.807, 2.05) is 11.4 Å². The molecule has 3 aromatic rings. The molecule has 0 saturated carbocycles. The molecule has 1 fully saturated rings. The Morgan fingerprint density at radius 3 is 2.77 bits per heavy atom. The molecule has 1 aromatic heterocycles.